The molecule has 1 aliphatic rings. The Kier molecular flexibility index (Phi) is 3.64. The Morgan fingerprint density at radius 1 is 1.83 bits per heavy atom. The molecular weight excluding hydrogens is 176 g/mol. The van der Waals surface area contributed by atoms with E-state index in [2.05, 4.69) is 5.10 Å². The summed E-state index contributed by atoms with van der Waals surface area (Å²) in [6, 6.07) is 0. The molecule has 0 aromatic heterocycles. The molecule has 0 aromatic rings. The van der Waals surface area contributed by atoms with Gasteiger partial charge in [-0.15, -0.1) is 5.10 Å². The largest absolute Gasteiger partial charge is 0.395 e. The zero-order chi connectivity index (χ0) is 8.97. The van der Waals surface area contributed by atoms with Gasteiger partial charge in [-0.05, 0) is 0 Å². The van der Waals surface area contributed by atoms with Gasteiger partial charge in [0.05, 0.1) is 6.61 Å². The van der Waals surface area contributed by atoms with Gasteiger partial charge in [0, 0.05) is 13.1 Å². The van der Waals surface area contributed by atoms with Crippen molar-refractivity contribution in [3.05, 3.63) is 0 Å². The van der Waals surface area contributed by atoms with Crippen LogP contribution in [-0.4, -0.2) is 46.0 Å². The van der Waals surface area contributed by atoms with Crippen LogP contribution in [0.5, 0.6) is 0 Å². The van der Waals surface area contributed by atoms with Crippen molar-refractivity contribution in [1.82, 2.24) is 10.1 Å². The van der Waals surface area contributed by atoms with Gasteiger partial charge in [-0.3, -0.25) is 0 Å². The third-order valence-electron chi connectivity index (χ3n) is 1.59. The third-order valence-corrected chi connectivity index (χ3v) is 2.33. The average Bonchev–Trinajstić information content (AvgIpc) is 2.47. The molecule has 0 atom stereocenters. The Morgan fingerprint density at radius 3 is 3.00 bits per heavy atom. The second kappa shape index (κ2) is 4.54. The Bertz CT molecular complexity index is 175. The minimum atomic E-state index is 0.143. The fraction of sp³-hybridized carbons (Fsp3) is 0.833. The molecule has 3 N–H and O–H groups in total. The lowest BCUT2D eigenvalue weighted by Crippen LogP contribution is -2.39. The minimum Gasteiger partial charge on any atom is -0.395 e. The first-order chi connectivity index (χ1) is 5.77. The number of amidine groups is 1. The van der Waals surface area contributed by atoms with E-state index < -0.39 is 0 Å². The van der Waals surface area contributed by atoms with E-state index in [0.29, 0.717) is 11.7 Å². The number of hydrogen-bond acceptors (Lipinski definition) is 6. The average molecular weight is 190 g/mol. The molecule has 0 aromatic carbocycles. The van der Waals surface area contributed by atoms with E-state index in [1.54, 1.807) is 5.12 Å². The van der Waals surface area contributed by atoms with Crippen LogP contribution in [0.15, 0.2) is 5.10 Å². The number of hydrazine groups is 1. The van der Waals surface area contributed by atoms with Gasteiger partial charge in [0.25, 0.3) is 0 Å². The maximum absolute atomic E-state index is 8.74. The van der Waals surface area contributed by atoms with Crippen molar-refractivity contribution >= 4 is 16.9 Å². The summed E-state index contributed by atoms with van der Waals surface area (Å²) in [6.45, 7) is 3.60. The normalized spacial score (nSPS) is 17.2. The zero-order valence-electron chi connectivity index (χ0n) is 7.10. The van der Waals surface area contributed by atoms with Crippen molar-refractivity contribution in [2.24, 2.45) is 10.8 Å². The lowest BCUT2D eigenvalue weighted by molar-refractivity contribution is -0.00947. The highest BCUT2D eigenvalue weighted by molar-refractivity contribution is 8.13. The number of nitrogens with zero attached hydrogens (tertiary/aromatic N) is 3. The maximum Gasteiger partial charge on any atom is 0.181 e. The van der Waals surface area contributed by atoms with E-state index >= 15 is 0 Å². The number of likely N-dealkylation sites (N-methyl/N-ethyl adjacent to an activating group) is 1. The first kappa shape index (κ1) is 9.63. The molecule has 0 bridgehead atoms. The highest BCUT2D eigenvalue weighted by Gasteiger charge is 2.17. The number of rotatable bonds is 4. The van der Waals surface area contributed by atoms with Crippen LogP contribution >= 0.6 is 11.8 Å². The quantitative estimate of drug-likeness (QED) is 0.623. The van der Waals surface area contributed by atoms with E-state index in [4.69, 9.17) is 10.8 Å². The van der Waals surface area contributed by atoms with Crippen LogP contribution in [0.2, 0.25) is 0 Å². The number of aliphatic hydroxyl groups excluding tert-OH is 1. The summed E-state index contributed by atoms with van der Waals surface area (Å²) >= 11 is 1.51. The topological polar surface area (TPSA) is 65.1 Å². The summed E-state index contributed by atoms with van der Waals surface area (Å²) < 4.78 is 0. The molecule has 1 rings (SSSR count). The molecule has 0 amide bonds. The fourth-order valence-corrected chi connectivity index (χ4v) is 1.61. The summed E-state index contributed by atoms with van der Waals surface area (Å²) in [7, 11) is 0. The van der Waals surface area contributed by atoms with E-state index in [9.17, 15) is 0 Å². The number of hydrazone groups is 1. The van der Waals surface area contributed by atoms with Gasteiger partial charge in [0.15, 0.2) is 5.17 Å². The summed E-state index contributed by atoms with van der Waals surface area (Å²) in [5.41, 5.74) is 5.50. The molecule has 1 heterocycles. The van der Waals surface area contributed by atoms with Crippen molar-refractivity contribution in [3.8, 4) is 0 Å². The minimum absolute atomic E-state index is 0.143. The Balaban J connectivity index is 2.44. The zero-order valence-corrected chi connectivity index (χ0v) is 7.92. The Labute approximate surface area is 76.2 Å². The van der Waals surface area contributed by atoms with Crippen LogP contribution in [0.25, 0.3) is 0 Å². The highest BCUT2D eigenvalue weighted by atomic mass is 32.2. The summed E-state index contributed by atoms with van der Waals surface area (Å²) in [5, 5.41) is 17.2. The molecule has 0 fully saturated rings. The van der Waals surface area contributed by atoms with Gasteiger partial charge in [-0.1, -0.05) is 18.7 Å². The smallest absolute Gasteiger partial charge is 0.181 e. The SMILES string of the molecule is CCN(CCO)N1CSC(N)=N1. The molecule has 1 aliphatic heterocycles. The summed E-state index contributed by atoms with van der Waals surface area (Å²) in [4.78, 5) is 0. The van der Waals surface area contributed by atoms with E-state index in [0.717, 1.165) is 12.4 Å². The van der Waals surface area contributed by atoms with Crippen molar-refractivity contribution < 1.29 is 5.11 Å². The van der Waals surface area contributed by atoms with E-state index in [1.807, 2.05) is 11.9 Å². The highest BCUT2D eigenvalue weighted by Crippen LogP contribution is 2.15. The fourth-order valence-electron chi connectivity index (χ4n) is 0.992. The second-order valence-electron chi connectivity index (χ2n) is 2.35. The lowest BCUT2D eigenvalue weighted by atomic mass is 10.6. The van der Waals surface area contributed by atoms with E-state index in [1.165, 1.54) is 11.8 Å². The van der Waals surface area contributed by atoms with Crippen LogP contribution in [-0.2, 0) is 0 Å². The number of thioether (sulfide) groups is 1. The number of aliphatic hydroxyl groups is 1. The van der Waals surface area contributed by atoms with Crippen molar-refractivity contribution in [1.29, 1.82) is 0 Å². The predicted molar refractivity (Wildman–Crippen MR) is 50.3 cm³/mol. The van der Waals surface area contributed by atoms with Gasteiger partial charge in [0.2, 0.25) is 0 Å². The van der Waals surface area contributed by atoms with Gasteiger partial charge < -0.3 is 10.8 Å². The van der Waals surface area contributed by atoms with Gasteiger partial charge in [-0.2, -0.15) is 0 Å². The van der Waals surface area contributed by atoms with Crippen LogP contribution in [0.4, 0.5) is 0 Å². The van der Waals surface area contributed by atoms with Gasteiger partial charge >= 0.3 is 0 Å². The van der Waals surface area contributed by atoms with Crippen molar-refractivity contribution in [2.45, 2.75) is 6.92 Å². The molecule has 70 valence electrons. The molecule has 0 unspecified atom stereocenters. The van der Waals surface area contributed by atoms with Crippen LogP contribution in [0.3, 0.4) is 0 Å². The summed E-state index contributed by atoms with van der Waals surface area (Å²) in [5.74, 6) is 0.750. The molecule has 0 spiro atoms. The molecule has 0 aliphatic carbocycles. The van der Waals surface area contributed by atoms with E-state index in [-0.39, 0.29) is 6.61 Å². The standard InChI is InChI=1S/C6H14N4OS/c1-2-9(3-4-11)10-5-12-6(7)8-10/h11H,2-5H2,1H3,(H2,7,8). The maximum atomic E-state index is 8.74. The number of hydrogen-bond donors (Lipinski definition) is 2. The predicted octanol–water partition coefficient (Wildman–Crippen LogP) is -0.548. The van der Waals surface area contributed by atoms with Crippen LogP contribution in [0.1, 0.15) is 6.92 Å². The first-order valence-corrected chi connectivity index (χ1v) is 4.86. The Morgan fingerprint density at radius 2 is 2.58 bits per heavy atom. The van der Waals surface area contributed by atoms with Gasteiger partial charge in [-0.25, -0.2) is 10.1 Å². The molecule has 0 radical (unpaired) electrons. The molecule has 5 nitrogen and oxygen atoms in total. The van der Waals surface area contributed by atoms with Crippen molar-refractivity contribution in [3.63, 3.8) is 0 Å². The van der Waals surface area contributed by atoms with Crippen molar-refractivity contribution in [2.75, 3.05) is 25.6 Å². The van der Waals surface area contributed by atoms with Gasteiger partial charge in [0.1, 0.15) is 5.88 Å². The monoisotopic (exact) mass is 190 g/mol. The molecule has 0 saturated carbocycles. The van der Waals surface area contributed by atoms with Crippen LogP contribution < -0.4 is 5.73 Å². The first-order valence-electron chi connectivity index (χ1n) is 3.88. The Hall–Kier alpha value is -0.460. The second-order valence-corrected chi connectivity index (χ2v) is 3.32. The lowest BCUT2D eigenvalue weighted by Gasteiger charge is -2.27. The molecular formula is C6H14N4OS. The number of nitrogens with two attached hydrogens (primary N) is 1. The molecule has 6 heteroatoms. The molecule has 12 heavy (non-hydrogen) atoms. The third kappa shape index (κ3) is 2.26. The summed E-state index contributed by atoms with van der Waals surface area (Å²) in [6.07, 6.45) is 0. The van der Waals surface area contributed by atoms with Crippen LogP contribution in [0, 0.1) is 0 Å². The molecule has 0 saturated heterocycles.